The SMILES string of the molecule is CNCCCCO/N=C/C(C)=O. The molecule has 0 unspecified atom stereocenters. The van der Waals surface area contributed by atoms with Crippen molar-refractivity contribution in [3.05, 3.63) is 0 Å². The third-order valence-corrected chi connectivity index (χ3v) is 1.22. The number of rotatable bonds is 7. The standard InChI is InChI=1S/C8H16N2O2/c1-8(11)7-10-12-6-4-3-5-9-2/h7,9H,3-6H2,1-2H3/b10-7+. The lowest BCUT2D eigenvalue weighted by molar-refractivity contribution is -0.110. The Labute approximate surface area is 73.0 Å². The average molecular weight is 172 g/mol. The lowest BCUT2D eigenvalue weighted by Gasteiger charge is -1.98. The first-order valence-electron chi connectivity index (χ1n) is 4.08. The molecule has 0 spiro atoms. The van der Waals surface area contributed by atoms with Crippen LogP contribution in [0.4, 0.5) is 0 Å². The molecule has 0 aromatic heterocycles. The van der Waals surface area contributed by atoms with E-state index in [0.29, 0.717) is 6.61 Å². The average Bonchev–Trinajstić information content (AvgIpc) is 2.02. The largest absolute Gasteiger partial charge is 0.396 e. The monoisotopic (exact) mass is 172 g/mol. The number of hydrogen-bond donors (Lipinski definition) is 1. The predicted molar refractivity (Wildman–Crippen MR) is 48.3 cm³/mol. The van der Waals surface area contributed by atoms with Gasteiger partial charge in [-0.05, 0) is 26.4 Å². The van der Waals surface area contributed by atoms with Gasteiger partial charge in [0.05, 0.1) is 0 Å². The molecular formula is C8H16N2O2. The summed E-state index contributed by atoms with van der Waals surface area (Å²) in [7, 11) is 1.91. The fraction of sp³-hybridized carbons (Fsp3) is 0.750. The molecule has 0 rings (SSSR count). The third-order valence-electron chi connectivity index (χ3n) is 1.22. The van der Waals surface area contributed by atoms with E-state index in [1.807, 2.05) is 7.05 Å². The molecule has 0 aliphatic rings. The van der Waals surface area contributed by atoms with Crippen molar-refractivity contribution in [2.75, 3.05) is 20.2 Å². The molecule has 70 valence electrons. The molecule has 0 saturated heterocycles. The maximum Gasteiger partial charge on any atom is 0.174 e. The van der Waals surface area contributed by atoms with Gasteiger partial charge in [-0.2, -0.15) is 0 Å². The maximum absolute atomic E-state index is 10.3. The Bertz CT molecular complexity index is 146. The molecule has 0 fully saturated rings. The highest BCUT2D eigenvalue weighted by Crippen LogP contribution is 1.87. The van der Waals surface area contributed by atoms with Gasteiger partial charge in [-0.3, -0.25) is 4.79 Å². The van der Waals surface area contributed by atoms with Crippen LogP contribution in [0.15, 0.2) is 5.16 Å². The third kappa shape index (κ3) is 9.10. The van der Waals surface area contributed by atoms with E-state index in [1.54, 1.807) is 0 Å². The van der Waals surface area contributed by atoms with Crippen LogP contribution in [0.3, 0.4) is 0 Å². The zero-order valence-corrected chi connectivity index (χ0v) is 7.67. The second kappa shape index (κ2) is 8.20. The number of ketones is 1. The second-order valence-electron chi connectivity index (χ2n) is 2.49. The number of unbranched alkanes of at least 4 members (excludes halogenated alkanes) is 1. The molecule has 4 nitrogen and oxygen atoms in total. The zero-order valence-electron chi connectivity index (χ0n) is 7.67. The van der Waals surface area contributed by atoms with Crippen LogP contribution in [0.2, 0.25) is 0 Å². The van der Waals surface area contributed by atoms with Crippen LogP contribution in [0, 0.1) is 0 Å². The number of oxime groups is 1. The van der Waals surface area contributed by atoms with Crippen LogP contribution in [0.5, 0.6) is 0 Å². The predicted octanol–water partition coefficient (Wildman–Crippen LogP) is 0.577. The molecule has 0 aliphatic carbocycles. The van der Waals surface area contributed by atoms with Crippen LogP contribution < -0.4 is 5.32 Å². The second-order valence-corrected chi connectivity index (χ2v) is 2.49. The molecule has 0 aromatic rings. The van der Waals surface area contributed by atoms with Crippen LogP contribution in [0.1, 0.15) is 19.8 Å². The van der Waals surface area contributed by atoms with Crippen molar-refractivity contribution < 1.29 is 9.63 Å². The molecule has 0 heterocycles. The van der Waals surface area contributed by atoms with Crippen molar-refractivity contribution in [1.82, 2.24) is 5.32 Å². The van der Waals surface area contributed by atoms with Gasteiger partial charge in [0.2, 0.25) is 0 Å². The van der Waals surface area contributed by atoms with E-state index in [0.717, 1.165) is 19.4 Å². The molecule has 0 bridgehead atoms. The van der Waals surface area contributed by atoms with Crippen LogP contribution in [0.25, 0.3) is 0 Å². The lowest BCUT2D eigenvalue weighted by Crippen LogP contribution is -2.08. The first kappa shape index (κ1) is 11.1. The van der Waals surface area contributed by atoms with E-state index in [4.69, 9.17) is 4.84 Å². The molecular weight excluding hydrogens is 156 g/mol. The Kier molecular flexibility index (Phi) is 7.58. The van der Waals surface area contributed by atoms with Crippen molar-refractivity contribution >= 4 is 12.0 Å². The van der Waals surface area contributed by atoms with Crippen molar-refractivity contribution in [3.8, 4) is 0 Å². The molecule has 0 atom stereocenters. The van der Waals surface area contributed by atoms with Crippen LogP contribution in [-0.2, 0) is 9.63 Å². The molecule has 1 N–H and O–H groups in total. The number of carbonyl (C=O) groups excluding carboxylic acids is 1. The van der Waals surface area contributed by atoms with Crippen molar-refractivity contribution in [3.63, 3.8) is 0 Å². The summed E-state index contributed by atoms with van der Waals surface area (Å²) < 4.78 is 0. The van der Waals surface area contributed by atoms with E-state index < -0.39 is 0 Å². The summed E-state index contributed by atoms with van der Waals surface area (Å²) in [6.45, 7) is 3.00. The van der Waals surface area contributed by atoms with Gasteiger partial charge in [-0.15, -0.1) is 0 Å². The normalized spacial score (nSPS) is 10.5. The molecule has 0 aromatic carbocycles. The van der Waals surface area contributed by atoms with Gasteiger partial charge in [0.15, 0.2) is 5.78 Å². The topological polar surface area (TPSA) is 50.7 Å². The molecule has 0 amide bonds. The molecule has 0 aliphatic heterocycles. The molecule has 4 heteroatoms. The van der Waals surface area contributed by atoms with Gasteiger partial charge in [0, 0.05) is 6.92 Å². The maximum atomic E-state index is 10.3. The Hall–Kier alpha value is -0.900. The minimum atomic E-state index is -0.0924. The highest BCUT2D eigenvalue weighted by atomic mass is 16.6. The number of nitrogens with one attached hydrogen (secondary N) is 1. The van der Waals surface area contributed by atoms with Gasteiger partial charge in [0.1, 0.15) is 12.8 Å². The van der Waals surface area contributed by atoms with Crippen molar-refractivity contribution in [1.29, 1.82) is 0 Å². The van der Waals surface area contributed by atoms with Crippen molar-refractivity contribution in [2.24, 2.45) is 5.16 Å². The van der Waals surface area contributed by atoms with E-state index >= 15 is 0 Å². The summed E-state index contributed by atoms with van der Waals surface area (Å²) in [6, 6.07) is 0. The van der Waals surface area contributed by atoms with E-state index in [-0.39, 0.29) is 5.78 Å². The lowest BCUT2D eigenvalue weighted by atomic mass is 10.3. The Morgan fingerprint density at radius 3 is 2.92 bits per heavy atom. The Morgan fingerprint density at radius 1 is 1.58 bits per heavy atom. The fourth-order valence-electron chi connectivity index (χ4n) is 0.633. The zero-order chi connectivity index (χ0) is 9.23. The smallest absolute Gasteiger partial charge is 0.174 e. The van der Waals surface area contributed by atoms with E-state index in [2.05, 4.69) is 10.5 Å². The van der Waals surface area contributed by atoms with Crippen LogP contribution >= 0.6 is 0 Å². The highest BCUT2D eigenvalue weighted by Gasteiger charge is 1.87. The molecule has 0 radical (unpaired) electrons. The first-order valence-corrected chi connectivity index (χ1v) is 4.08. The van der Waals surface area contributed by atoms with Gasteiger partial charge in [-0.25, -0.2) is 0 Å². The summed E-state index contributed by atoms with van der Waals surface area (Å²) >= 11 is 0. The summed E-state index contributed by atoms with van der Waals surface area (Å²) in [5.41, 5.74) is 0. The summed E-state index contributed by atoms with van der Waals surface area (Å²) in [5.74, 6) is -0.0924. The van der Waals surface area contributed by atoms with Crippen molar-refractivity contribution in [2.45, 2.75) is 19.8 Å². The van der Waals surface area contributed by atoms with E-state index in [1.165, 1.54) is 13.1 Å². The van der Waals surface area contributed by atoms with Gasteiger partial charge in [0.25, 0.3) is 0 Å². The Morgan fingerprint density at radius 2 is 2.33 bits per heavy atom. The highest BCUT2D eigenvalue weighted by molar-refractivity contribution is 6.26. The van der Waals surface area contributed by atoms with Gasteiger partial charge >= 0.3 is 0 Å². The van der Waals surface area contributed by atoms with Crippen LogP contribution in [-0.4, -0.2) is 32.2 Å². The number of Topliss-reactive ketones (excluding diaryl/α,β-unsaturated/α-hetero) is 1. The van der Waals surface area contributed by atoms with E-state index in [9.17, 15) is 4.79 Å². The number of nitrogens with zero attached hydrogens (tertiary/aromatic N) is 1. The molecule has 0 saturated carbocycles. The summed E-state index contributed by atoms with van der Waals surface area (Å²) in [6.07, 6.45) is 3.19. The van der Waals surface area contributed by atoms with Gasteiger partial charge in [-0.1, -0.05) is 5.16 Å². The van der Waals surface area contributed by atoms with Gasteiger partial charge < -0.3 is 10.2 Å². The minimum Gasteiger partial charge on any atom is -0.396 e. The molecule has 12 heavy (non-hydrogen) atoms. The quantitative estimate of drug-likeness (QED) is 0.347. The first-order chi connectivity index (χ1) is 5.77. The number of carbonyl (C=O) groups is 1. The fourth-order valence-corrected chi connectivity index (χ4v) is 0.633. The number of hydrogen-bond acceptors (Lipinski definition) is 4. The minimum absolute atomic E-state index is 0.0924. The summed E-state index contributed by atoms with van der Waals surface area (Å²) in [5, 5.41) is 6.50. The summed E-state index contributed by atoms with van der Waals surface area (Å²) in [4.78, 5) is 15.2. The Balaban J connectivity index is 3.05.